The summed E-state index contributed by atoms with van der Waals surface area (Å²) in [7, 11) is 0. The third kappa shape index (κ3) is 4.51. The maximum Gasteiger partial charge on any atom is 0.309 e. The first-order valence-corrected chi connectivity index (χ1v) is 11.4. The summed E-state index contributed by atoms with van der Waals surface area (Å²) in [6, 6.07) is 14.6. The lowest BCUT2D eigenvalue weighted by atomic mass is 9.96. The van der Waals surface area contributed by atoms with Gasteiger partial charge in [-0.1, -0.05) is 29.8 Å². The highest BCUT2D eigenvalue weighted by Gasteiger charge is 2.36. The van der Waals surface area contributed by atoms with Gasteiger partial charge in [-0.15, -0.1) is 0 Å². The molecule has 2 aliphatic rings. The van der Waals surface area contributed by atoms with E-state index >= 15 is 0 Å². The molecule has 7 heteroatoms. The van der Waals surface area contributed by atoms with Gasteiger partial charge in [0.15, 0.2) is 6.10 Å². The van der Waals surface area contributed by atoms with Crippen molar-refractivity contribution in [1.29, 1.82) is 0 Å². The van der Waals surface area contributed by atoms with E-state index in [2.05, 4.69) is 0 Å². The zero-order valence-corrected chi connectivity index (χ0v) is 19.0. The Bertz CT molecular complexity index is 1010. The Morgan fingerprint density at radius 2 is 1.69 bits per heavy atom. The number of esters is 1. The van der Waals surface area contributed by atoms with Gasteiger partial charge in [0.05, 0.1) is 5.92 Å². The number of hydrogen-bond acceptors (Lipinski definition) is 4. The number of halogens is 1. The van der Waals surface area contributed by atoms with Gasteiger partial charge >= 0.3 is 5.97 Å². The second-order valence-electron chi connectivity index (χ2n) is 8.54. The van der Waals surface area contributed by atoms with Gasteiger partial charge in [0.2, 0.25) is 0 Å². The van der Waals surface area contributed by atoms with Gasteiger partial charge in [-0.05, 0) is 69.0 Å². The molecule has 6 nitrogen and oxygen atoms in total. The first-order chi connectivity index (χ1) is 15.3. The zero-order chi connectivity index (χ0) is 22.8. The molecule has 2 amide bonds. The Balaban J connectivity index is 1.31. The second kappa shape index (κ2) is 9.33. The Labute approximate surface area is 193 Å². The summed E-state index contributed by atoms with van der Waals surface area (Å²) < 4.78 is 5.57. The number of anilines is 1. The standard InChI is InChI=1S/C25H27ClN2O4/c1-16-15-20-5-3-4-6-22(20)28(16)23(29)17(2)32-25(31)19-11-13-27(14-12-19)24(30)18-7-9-21(26)10-8-18/h3-10,16-17,19H,11-15H2,1-2H3/t16-,17-/m1/s1. The van der Waals surface area contributed by atoms with E-state index in [1.165, 1.54) is 0 Å². The van der Waals surface area contributed by atoms with Crippen molar-refractivity contribution in [3.05, 3.63) is 64.7 Å². The van der Waals surface area contributed by atoms with Crippen LogP contribution in [0.1, 0.15) is 42.6 Å². The number of piperidine rings is 1. The average Bonchev–Trinajstić information content (AvgIpc) is 3.14. The maximum absolute atomic E-state index is 13.0. The molecule has 0 aliphatic carbocycles. The Morgan fingerprint density at radius 1 is 1.03 bits per heavy atom. The highest BCUT2D eigenvalue weighted by molar-refractivity contribution is 6.30. The molecule has 2 aliphatic heterocycles. The largest absolute Gasteiger partial charge is 0.452 e. The number of hydrogen-bond donors (Lipinski definition) is 0. The Hall–Kier alpha value is -2.86. The third-order valence-electron chi connectivity index (χ3n) is 6.29. The van der Waals surface area contributed by atoms with Crippen molar-refractivity contribution in [2.24, 2.45) is 5.92 Å². The molecule has 2 aromatic carbocycles. The number of benzene rings is 2. The predicted molar refractivity (Wildman–Crippen MR) is 123 cm³/mol. The summed E-state index contributed by atoms with van der Waals surface area (Å²) in [6.07, 6.45) is 0.969. The first-order valence-electron chi connectivity index (χ1n) is 11.0. The molecule has 2 aromatic rings. The molecule has 0 spiro atoms. The van der Waals surface area contributed by atoms with Crippen LogP contribution in [0, 0.1) is 5.92 Å². The van der Waals surface area contributed by atoms with Gasteiger partial charge < -0.3 is 14.5 Å². The summed E-state index contributed by atoms with van der Waals surface area (Å²) in [5.74, 6) is -0.961. The molecule has 1 fully saturated rings. The van der Waals surface area contributed by atoms with Crippen molar-refractivity contribution < 1.29 is 19.1 Å². The SMILES string of the molecule is C[C@@H]1Cc2ccccc2N1C(=O)[C@@H](C)OC(=O)C1CCN(C(=O)c2ccc(Cl)cc2)CC1. The molecule has 32 heavy (non-hydrogen) atoms. The number of fused-ring (bicyclic) bond motifs is 1. The van der Waals surface area contributed by atoms with Crippen LogP contribution < -0.4 is 4.90 Å². The van der Waals surface area contributed by atoms with E-state index < -0.39 is 6.10 Å². The number of nitrogens with zero attached hydrogens (tertiary/aromatic N) is 2. The molecule has 0 unspecified atom stereocenters. The van der Waals surface area contributed by atoms with Crippen LogP contribution in [0.15, 0.2) is 48.5 Å². The van der Waals surface area contributed by atoms with Crippen LogP contribution >= 0.6 is 11.6 Å². The number of rotatable bonds is 4. The Morgan fingerprint density at radius 3 is 2.38 bits per heavy atom. The van der Waals surface area contributed by atoms with E-state index in [1.807, 2.05) is 31.2 Å². The van der Waals surface area contributed by atoms with Crippen molar-refractivity contribution in [2.75, 3.05) is 18.0 Å². The number of para-hydroxylation sites is 1. The maximum atomic E-state index is 13.0. The molecular formula is C25H27ClN2O4. The highest BCUT2D eigenvalue weighted by Crippen LogP contribution is 2.32. The second-order valence-corrected chi connectivity index (χ2v) is 8.98. The fourth-order valence-corrected chi connectivity index (χ4v) is 4.64. The summed E-state index contributed by atoms with van der Waals surface area (Å²) in [5.41, 5.74) is 2.60. The van der Waals surface area contributed by atoms with Gasteiger partial charge in [-0.3, -0.25) is 14.4 Å². The zero-order valence-electron chi connectivity index (χ0n) is 18.3. The van der Waals surface area contributed by atoms with Crippen molar-refractivity contribution in [1.82, 2.24) is 4.90 Å². The van der Waals surface area contributed by atoms with Gasteiger partial charge in [-0.25, -0.2) is 0 Å². The smallest absolute Gasteiger partial charge is 0.309 e. The summed E-state index contributed by atoms with van der Waals surface area (Å²) in [5, 5.41) is 0.582. The molecule has 0 saturated carbocycles. The predicted octanol–water partition coefficient (Wildman–Crippen LogP) is 4.10. The molecule has 2 atom stereocenters. The van der Waals surface area contributed by atoms with Gasteiger partial charge in [0, 0.05) is 35.4 Å². The van der Waals surface area contributed by atoms with Crippen LogP contribution in [-0.4, -0.2) is 47.9 Å². The monoisotopic (exact) mass is 454 g/mol. The quantitative estimate of drug-likeness (QED) is 0.652. The molecule has 1 saturated heterocycles. The molecular weight excluding hydrogens is 428 g/mol. The number of amides is 2. The first kappa shape index (κ1) is 22.3. The summed E-state index contributed by atoms with van der Waals surface area (Å²) in [6.45, 7) is 4.58. The van der Waals surface area contributed by atoms with E-state index in [4.69, 9.17) is 16.3 Å². The minimum absolute atomic E-state index is 0.0307. The van der Waals surface area contributed by atoms with Crippen LogP contribution in [0.3, 0.4) is 0 Å². The third-order valence-corrected chi connectivity index (χ3v) is 6.54. The molecule has 0 aromatic heterocycles. The lowest BCUT2D eigenvalue weighted by molar-refractivity contribution is -0.159. The number of likely N-dealkylation sites (tertiary alicyclic amines) is 1. The van der Waals surface area contributed by atoms with Crippen molar-refractivity contribution in [2.45, 2.75) is 45.3 Å². The number of carbonyl (C=O) groups is 3. The number of carbonyl (C=O) groups excluding carboxylic acids is 3. The van der Waals surface area contributed by atoms with E-state index in [0.717, 1.165) is 17.7 Å². The van der Waals surface area contributed by atoms with E-state index in [-0.39, 0.29) is 29.7 Å². The lowest BCUT2D eigenvalue weighted by Gasteiger charge is -2.32. The fourth-order valence-electron chi connectivity index (χ4n) is 4.51. The van der Waals surface area contributed by atoms with Crippen molar-refractivity contribution in [3.63, 3.8) is 0 Å². The molecule has 0 N–H and O–H groups in total. The van der Waals surface area contributed by atoms with Crippen LogP contribution in [0.25, 0.3) is 0 Å². The van der Waals surface area contributed by atoms with Gasteiger partial charge in [-0.2, -0.15) is 0 Å². The highest BCUT2D eigenvalue weighted by atomic mass is 35.5. The lowest BCUT2D eigenvalue weighted by Crippen LogP contribution is -2.45. The van der Waals surface area contributed by atoms with Crippen LogP contribution in [-0.2, 0) is 20.7 Å². The van der Waals surface area contributed by atoms with Crippen molar-refractivity contribution in [3.8, 4) is 0 Å². The minimum atomic E-state index is -0.857. The minimum Gasteiger partial charge on any atom is -0.452 e. The van der Waals surface area contributed by atoms with Crippen molar-refractivity contribution >= 4 is 35.1 Å². The van der Waals surface area contributed by atoms with Gasteiger partial charge in [0.1, 0.15) is 0 Å². The molecule has 0 bridgehead atoms. The molecule has 2 heterocycles. The topological polar surface area (TPSA) is 66.9 Å². The van der Waals surface area contributed by atoms with Crippen LogP contribution in [0.4, 0.5) is 5.69 Å². The number of ether oxygens (including phenoxy) is 1. The Kier molecular flexibility index (Phi) is 6.51. The van der Waals surface area contributed by atoms with E-state index in [0.29, 0.717) is 36.5 Å². The van der Waals surface area contributed by atoms with E-state index in [9.17, 15) is 14.4 Å². The molecule has 0 radical (unpaired) electrons. The molecule has 168 valence electrons. The summed E-state index contributed by atoms with van der Waals surface area (Å²) >= 11 is 5.89. The summed E-state index contributed by atoms with van der Waals surface area (Å²) in [4.78, 5) is 41.9. The van der Waals surface area contributed by atoms with Gasteiger partial charge in [0.25, 0.3) is 11.8 Å². The average molecular weight is 455 g/mol. The van der Waals surface area contributed by atoms with Crippen LogP contribution in [0.2, 0.25) is 5.02 Å². The fraction of sp³-hybridized carbons (Fsp3) is 0.400. The normalized spacial score (nSPS) is 19.4. The van der Waals surface area contributed by atoms with E-state index in [1.54, 1.807) is 41.0 Å². The van der Waals surface area contributed by atoms with Crippen LogP contribution in [0.5, 0.6) is 0 Å². The molecule has 4 rings (SSSR count).